The molecule has 1 saturated heterocycles. The highest BCUT2D eigenvalue weighted by molar-refractivity contribution is 6.12. The summed E-state index contributed by atoms with van der Waals surface area (Å²) in [6, 6.07) is 7.70. The summed E-state index contributed by atoms with van der Waals surface area (Å²) in [5, 5.41) is 3.41. The Kier molecular flexibility index (Phi) is 4.19. The average molecular weight is 341 g/mol. The van der Waals surface area contributed by atoms with E-state index in [4.69, 9.17) is 9.73 Å². The van der Waals surface area contributed by atoms with Gasteiger partial charge in [-0.15, -0.1) is 0 Å². The number of benzene rings is 1. The van der Waals surface area contributed by atoms with Gasteiger partial charge in [-0.05, 0) is 25.0 Å². The van der Waals surface area contributed by atoms with Crippen LogP contribution in [0.5, 0.6) is 0 Å². The zero-order valence-corrected chi connectivity index (χ0v) is 14.4. The Morgan fingerprint density at radius 3 is 2.80 bits per heavy atom. The quantitative estimate of drug-likeness (QED) is 0.840. The van der Waals surface area contributed by atoms with Crippen LogP contribution in [0.2, 0.25) is 0 Å². The smallest absolute Gasteiger partial charge is 0.302 e. The van der Waals surface area contributed by atoms with Crippen LogP contribution in [0.15, 0.2) is 29.3 Å². The lowest BCUT2D eigenvalue weighted by Gasteiger charge is -2.23. The van der Waals surface area contributed by atoms with E-state index in [1.165, 1.54) is 19.8 Å². The van der Waals surface area contributed by atoms with Crippen molar-refractivity contribution >= 4 is 23.4 Å². The first-order chi connectivity index (χ1) is 12.1. The summed E-state index contributed by atoms with van der Waals surface area (Å²) in [7, 11) is 0. The number of esters is 1. The van der Waals surface area contributed by atoms with Gasteiger partial charge in [0.05, 0.1) is 29.9 Å². The Morgan fingerprint density at radius 2 is 2.04 bits per heavy atom. The molecule has 6 nitrogen and oxygen atoms in total. The number of nitrogens with one attached hydrogen (secondary N) is 1. The van der Waals surface area contributed by atoms with Crippen molar-refractivity contribution in [2.45, 2.75) is 57.2 Å². The summed E-state index contributed by atoms with van der Waals surface area (Å²) in [5.41, 5.74) is 1.45. The largest absolute Gasteiger partial charge is 0.461 e. The number of amides is 1. The van der Waals surface area contributed by atoms with Crippen LogP contribution in [0, 0.1) is 0 Å². The van der Waals surface area contributed by atoms with Gasteiger partial charge in [0.2, 0.25) is 0 Å². The highest BCUT2D eigenvalue weighted by Gasteiger charge is 2.43. The lowest BCUT2D eigenvalue weighted by molar-refractivity contribution is -0.145. The predicted molar refractivity (Wildman–Crippen MR) is 94.8 cm³/mol. The summed E-state index contributed by atoms with van der Waals surface area (Å²) in [6.45, 7) is 1.83. The molecule has 1 aromatic rings. The number of fused-ring (bicyclic) bond motifs is 2. The first-order valence-electron chi connectivity index (χ1n) is 9.04. The second-order valence-electron chi connectivity index (χ2n) is 7.06. The van der Waals surface area contributed by atoms with Gasteiger partial charge in [0, 0.05) is 13.3 Å². The van der Waals surface area contributed by atoms with Gasteiger partial charge in [-0.25, -0.2) is 0 Å². The highest BCUT2D eigenvalue weighted by atomic mass is 16.5. The predicted octanol–water partition coefficient (Wildman–Crippen LogP) is 2.60. The number of carbonyl (C=O) groups is 2. The fraction of sp³-hybridized carbons (Fsp3) is 0.526. The van der Waals surface area contributed by atoms with Gasteiger partial charge in [-0.1, -0.05) is 25.0 Å². The molecule has 4 rings (SSSR count). The number of para-hydroxylation sites is 1. The van der Waals surface area contributed by atoms with E-state index in [1.807, 2.05) is 24.3 Å². The minimum absolute atomic E-state index is 0.0284. The standard InChI is InChI=1S/C19H23N3O3/c1-12(23)25-14-10-17-18(20-13-6-2-3-7-13)21-16-9-5-4-8-15(16)19(24)22(17)11-14/h4-5,8-9,13-14,17H,2-3,6-7,10-11H2,1H3,(H,20,21)/t14-,17+/m1/s1. The molecule has 0 aromatic heterocycles. The van der Waals surface area contributed by atoms with Gasteiger partial charge in [0.15, 0.2) is 0 Å². The molecule has 1 amide bonds. The van der Waals surface area contributed by atoms with Crippen molar-refractivity contribution in [2.75, 3.05) is 11.9 Å². The van der Waals surface area contributed by atoms with Gasteiger partial charge >= 0.3 is 5.97 Å². The molecule has 2 atom stereocenters. The molecule has 3 aliphatic rings. The monoisotopic (exact) mass is 341 g/mol. The van der Waals surface area contributed by atoms with Crippen LogP contribution in [-0.2, 0) is 9.53 Å². The Labute approximate surface area is 147 Å². The van der Waals surface area contributed by atoms with Crippen molar-refractivity contribution in [2.24, 2.45) is 4.99 Å². The molecule has 2 heterocycles. The van der Waals surface area contributed by atoms with Gasteiger partial charge < -0.3 is 15.0 Å². The number of amidine groups is 1. The normalized spacial score (nSPS) is 27.6. The zero-order valence-electron chi connectivity index (χ0n) is 14.4. The topological polar surface area (TPSA) is 71.0 Å². The first kappa shape index (κ1) is 16.1. The Balaban J connectivity index is 1.70. The van der Waals surface area contributed by atoms with E-state index < -0.39 is 0 Å². The number of rotatable bonds is 2. The zero-order chi connectivity index (χ0) is 17.4. The van der Waals surface area contributed by atoms with Crippen LogP contribution in [0.25, 0.3) is 0 Å². The van der Waals surface area contributed by atoms with E-state index in [-0.39, 0.29) is 24.0 Å². The summed E-state index contributed by atoms with van der Waals surface area (Å²) >= 11 is 0. The molecule has 0 radical (unpaired) electrons. The minimum Gasteiger partial charge on any atom is -0.461 e. The fourth-order valence-electron chi connectivity index (χ4n) is 4.10. The van der Waals surface area contributed by atoms with Gasteiger partial charge in [0.25, 0.3) is 5.91 Å². The van der Waals surface area contributed by atoms with Crippen LogP contribution in [0.1, 0.15) is 49.4 Å². The molecule has 1 saturated carbocycles. The molecule has 25 heavy (non-hydrogen) atoms. The second kappa shape index (κ2) is 6.50. The Bertz CT molecular complexity index is 724. The molecule has 0 spiro atoms. The lowest BCUT2D eigenvalue weighted by Crippen LogP contribution is -2.41. The summed E-state index contributed by atoms with van der Waals surface area (Å²) in [6.07, 6.45) is 4.94. The van der Waals surface area contributed by atoms with Crippen LogP contribution in [-0.4, -0.2) is 47.3 Å². The van der Waals surface area contributed by atoms with Crippen LogP contribution in [0.4, 0.5) is 5.69 Å². The van der Waals surface area contributed by atoms with Crippen LogP contribution < -0.4 is 5.32 Å². The maximum atomic E-state index is 13.0. The Morgan fingerprint density at radius 1 is 1.28 bits per heavy atom. The maximum absolute atomic E-state index is 13.0. The highest BCUT2D eigenvalue weighted by Crippen LogP contribution is 2.31. The number of hydrogen-bond acceptors (Lipinski definition) is 4. The summed E-state index contributed by atoms with van der Waals surface area (Å²) < 4.78 is 5.38. The molecule has 2 fully saturated rings. The summed E-state index contributed by atoms with van der Waals surface area (Å²) in [4.78, 5) is 31.1. The minimum atomic E-state index is -0.308. The number of hydrogen-bond donors (Lipinski definition) is 1. The molecule has 6 heteroatoms. The average Bonchev–Trinajstić information content (AvgIpc) is 3.21. The van der Waals surface area contributed by atoms with Crippen LogP contribution >= 0.6 is 0 Å². The lowest BCUT2D eigenvalue weighted by atomic mass is 10.1. The SMILES string of the molecule is CC(=O)O[C@@H]1C[C@H]2C(=NC3CCCC3)Nc3ccccc3C(=O)N2C1. The van der Waals surface area contributed by atoms with Crippen molar-refractivity contribution in [3.8, 4) is 0 Å². The van der Waals surface area contributed by atoms with E-state index in [0.29, 0.717) is 24.6 Å². The first-order valence-corrected chi connectivity index (χ1v) is 9.04. The third-order valence-corrected chi connectivity index (χ3v) is 5.24. The van der Waals surface area contributed by atoms with E-state index in [9.17, 15) is 9.59 Å². The van der Waals surface area contributed by atoms with E-state index in [0.717, 1.165) is 24.4 Å². The van der Waals surface area contributed by atoms with E-state index >= 15 is 0 Å². The second-order valence-corrected chi connectivity index (χ2v) is 7.06. The molecule has 1 aliphatic carbocycles. The van der Waals surface area contributed by atoms with Crippen molar-refractivity contribution in [3.05, 3.63) is 29.8 Å². The molecule has 1 N–H and O–H groups in total. The number of anilines is 1. The van der Waals surface area contributed by atoms with Gasteiger partial charge in [-0.3, -0.25) is 14.6 Å². The van der Waals surface area contributed by atoms with Gasteiger partial charge in [-0.2, -0.15) is 0 Å². The molecular formula is C19H23N3O3. The third-order valence-electron chi connectivity index (χ3n) is 5.24. The number of ether oxygens (including phenoxy) is 1. The number of nitrogens with zero attached hydrogens (tertiary/aromatic N) is 2. The Hall–Kier alpha value is -2.37. The number of carbonyl (C=O) groups excluding carboxylic acids is 2. The van der Waals surface area contributed by atoms with Crippen LogP contribution in [0.3, 0.4) is 0 Å². The maximum Gasteiger partial charge on any atom is 0.302 e. The number of aliphatic imine (C=N–C) groups is 1. The molecular weight excluding hydrogens is 318 g/mol. The molecule has 1 aromatic carbocycles. The molecule has 0 bridgehead atoms. The molecule has 2 aliphatic heterocycles. The molecule has 132 valence electrons. The van der Waals surface area contributed by atoms with E-state index in [2.05, 4.69) is 5.32 Å². The summed E-state index contributed by atoms with van der Waals surface area (Å²) in [5.74, 6) is 0.497. The van der Waals surface area contributed by atoms with E-state index in [1.54, 1.807) is 4.90 Å². The van der Waals surface area contributed by atoms with Crippen molar-refractivity contribution in [1.29, 1.82) is 0 Å². The third kappa shape index (κ3) is 3.13. The van der Waals surface area contributed by atoms with Crippen molar-refractivity contribution in [1.82, 2.24) is 4.90 Å². The van der Waals surface area contributed by atoms with Gasteiger partial charge in [0.1, 0.15) is 11.9 Å². The fourth-order valence-corrected chi connectivity index (χ4v) is 4.10. The van der Waals surface area contributed by atoms with Crippen molar-refractivity contribution in [3.63, 3.8) is 0 Å². The molecule has 0 unspecified atom stereocenters. The van der Waals surface area contributed by atoms with Crippen molar-refractivity contribution < 1.29 is 14.3 Å².